The van der Waals surface area contributed by atoms with Crippen LogP contribution >= 0.6 is 0 Å². The fourth-order valence-corrected chi connectivity index (χ4v) is 2.41. The highest BCUT2D eigenvalue weighted by Gasteiger charge is 2.35. The van der Waals surface area contributed by atoms with Crippen LogP contribution in [0.1, 0.15) is 40.5 Å². The summed E-state index contributed by atoms with van der Waals surface area (Å²) in [4.78, 5) is 36.0. The van der Waals surface area contributed by atoms with Crippen LogP contribution in [0.2, 0.25) is 0 Å². The van der Waals surface area contributed by atoms with E-state index in [0.29, 0.717) is 6.42 Å². The quantitative estimate of drug-likeness (QED) is 0.810. The summed E-state index contributed by atoms with van der Waals surface area (Å²) in [6, 6.07) is 7.82. The molecule has 1 atom stereocenters. The predicted molar refractivity (Wildman–Crippen MR) is 87.1 cm³/mol. The van der Waals surface area contributed by atoms with Gasteiger partial charge in [-0.3, -0.25) is 14.5 Å². The van der Waals surface area contributed by atoms with E-state index >= 15 is 0 Å². The highest BCUT2D eigenvalue weighted by Crippen LogP contribution is 2.32. The van der Waals surface area contributed by atoms with Gasteiger partial charge in [-0.05, 0) is 44.9 Å². The van der Waals surface area contributed by atoms with Gasteiger partial charge in [-0.2, -0.15) is 0 Å². The van der Waals surface area contributed by atoms with Crippen LogP contribution in [-0.4, -0.2) is 40.7 Å². The summed E-state index contributed by atoms with van der Waals surface area (Å²) in [6.45, 7) is 6.95. The maximum atomic E-state index is 11.9. The molecule has 3 rings (SSSR count). The van der Waals surface area contributed by atoms with Crippen molar-refractivity contribution in [3.8, 4) is 11.1 Å². The van der Waals surface area contributed by atoms with Crippen molar-refractivity contribution in [2.24, 2.45) is 0 Å². The molecule has 1 aliphatic heterocycles. The van der Waals surface area contributed by atoms with Crippen molar-refractivity contribution in [1.29, 1.82) is 0 Å². The van der Waals surface area contributed by atoms with E-state index in [1.807, 2.05) is 0 Å². The topological polar surface area (TPSA) is 63.7 Å². The largest absolute Gasteiger partial charge is 0.444 e. The summed E-state index contributed by atoms with van der Waals surface area (Å²) in [5, 5.41) is 0. The fourth-order valence-electron chi connectivity index (χ4n) is 2.41. The van der Waals surface area contributed by atoms with Crippen LogP contribution in [0.5, 0.6) is 0 Å². The van der Waals surface area contributed by atoms with Crippen molar-refractivity contribution in [3.05, 3.63) is 24.3 Å². The van der Waals surface area contributed by atoms with E-state index in [1.165, 1.54) is 23.0 Å². The number of likely N-dealkylation sites (tertiary alicyclic amines) is 1. The van der Waals surface area contributed by atoms with Gasteiger partial charge in [0.15, 0.2) is 5.78 Å². The second-order valence-corrected chi connectivity index (χ2v) is 6.87. The molecule has 5 nitrogen and oxygen atoms in total. The zero-order valence-corrected chi connectivity index (χ0v) is 14.1. The lowest BCUT2D eigenvalue weighted by Gasteiger charge is -2.34. The number of rotatable bonds is 1. The molecular formula is C18H23NO4. The van der Waals surface area contributed by atoms with Crippen molar-refractivity contribution in [1.82, 2.24) is 4.90 Å². The first-order valence-corrected chi connectivity index (χ1v) is 7.79. The summed E-state index contributed by atoms with van der Waals surface area (Å²) in [5.74, 6) is -0.158. The van der Waals surface area contributed by atoms with E-state index in [9.17, 15) is 14.4 Å². The number of fused-ring (bicyclic) bond motifs is 1. The highest BCUT2D eigenvalue weighted by molar-refractivity contribution is 5.93. The Morgan fingerprint density at radius 3 is 2.22 bits per heavy atom. The van der Waals surface area contributed by atoms with Gasteiger partial charge in [0.1, 0.15) is 17.4 Å². The van der Waals surface area contributed by atoms with E-state index in [0.717, 1.165) is 0 Å². The first-order chi connectivity index (χ1) is 10.7. The zero-order chi connectivity index (χ0) is 17.2. The van der Waals surface area contributed by atoms with Crippen LogP contribution in [-0.2, 0) is 14.3 Å². The molecule has 124 valence electrons. The standard InChI is InChI=1S/C12H19NO4.C6H4/c1-8(14)10-7-9(15)5-6-13(10)11(16)17-12(2,3)4;1-2-5-4-6(5)3-1/h10H,5-7H2,1-4H3;1-4H. The molecule has 0 aromatic rings. The van der Waals surface area contributed by atoms with Crippen molar-refractivity contribution in [3.63, 3.8) is 0 Å². The summed E-state index contributed by atoms with van der Waals surface area (Å²) in [7, 11) is 0. The number of Topliss-reactive ketones (excluding diaryl/α,β-unsaturated/α-hetero) is 2. The maximum Gasteiger partial charge on any atom is 0.410 e. The number of ketones is 2. The second-order valence-electron chi connectivity index (χ2n) is 6.87. The number of benzene rings is 1. The van der Waals surface area contributed by atoms with Crippen LogP contribution in [0, 0.1) is 0 Å². The molecule has 1 fully saturated rings. The first kappa shape index (κ1) is 17.2. The lowest BCUT2D eigenvalue weighted by atomic mass is 9.98. The van der Waals surface area contributed by atoms with E-state index in [1.54, 1.807) is 20.8 Å². The van der Waals surface area contributed by atoms with E-state index in [2.05, 4.69) is 24.3 Å². The van der Waals surface area contributed by atoms with Crippen molar-refractivity contribution in [2.75, 3.05) is 6.54 Å². The predicted octanol–water partition coefficient (Wildman–Crippen LogP) is 3.21. The monoisotopic (exact) mass is 317 g/mol. The molecule has 0 bridgehead atoms. The Labute approximate surface area is 136 Å². The van der Waals surface area contributed by atoms with Gasteiger partial charge < -0.3 is 4.74 Å². The normalized spacial score (nSPS) is 18.7. The summed E-state index contributed by atoms with van der Waals surface area (Å²) in [5.41, 5.74) is 2.25. The summed E-state index contributed by atoms with van der Waals surface area (Å²) < 4.78 is 5.22. The maximum absolute atomic E-state index is 11.9. The van der Waals surface area contributed by atoms with Crippen LogP contribution < -0.4 is 0 Å². The van der Waals surface area contributed by atoms with Gasteiger partial charge in [-0.15, -0.1) is 0 Å². The molecule has 5 heteroatoms. The number of carbonyl (C=O) groups is 3. The second kappa shape index (κ2) is 6.52. The third kappa shape index (κ3) is 4.91. The smallest absolute Gasteiger partial charge is 0.410 e. The van der Waals surface area contributed by atoms with E-state index < -0.39 is 17.7 Å². The molecule has 0 aromatic heterocycles. The number of hydrogen-bond acceptors (Lipinski definition) is 4. The molecule has 2 aliphatic carbocycles. The van der Waals surface area contributed by atoms with Gasteiger partial charge in [0, 0.05) is 19.4 Å². The molecule has 0 aromatic carbocycles. The molecule has 0 spiro atoms. The average Bonchev–Trinajstić information content (AvgIpc) is 3.03. The molecule has 1 heterocycles. The van der Waals surface area contributed by atoms with Gasteiger partial charge in [-0.1, -0.05) is 18.2 Å². The number of carbonyl (C=O) groups excluding carboxylic acids is 3. The minimum Gasteiger partial charge on any atom is -0.444 e. The summed E-state index contributed by atoms with van der Waals surface area (Å²) in [6.07, 6.45) is -0.123. The van der Waals surface area contributed by atoms with Crippen LogP contribution in [0.25, 0.3) is 11.1 Å². The van der Waals surface area contributed by atoms with E-state index in [4.69, 9.17) is 4.74 Å². The van der Waals surface area contributed by atoms with Crippen LogP contribution in [0.3, 0.4) is 0 Å². The molecule has 1 unspecified atom stereocenters. The molecule has 3 aliphatic rings. The Kier molecular flexibility index (Phi) is 4.88. The Hall–Kier alpha value is -2.17. The molecule has 1 amide bonds. The fraction of sp³-hybridized carbons (Fsp3) is 0.500. The third-order valence-electron chi connectivity index (χ3n) is 3.64. The third-order valence-corrected chi connectivity index (χ3v) is 3.64. The van der Waals surface area contributed by atoms with Crippen molar-refractivity contribution >= 4 is 17.7 Å². The van der Waals surface area contributed by atoms with Crippen molar-refractivity contribution in [2.45, 2.75) is 52.2 Å². The lowest BCUT2D eigenvalue weighted by molar-refractivity contribution is -0.131. The SMILES string of the molecule is CC(=O)C1CC(=O)CCN1C(=O)OC(C)(C)C.c1cc2cc-2c1. The Morgan fingerprint density at radius 2 is 1.83 bits per heavy atom. The minimum atomic E-state index is -0.661. The Morgan fingerprint density at radius 1 is 1.22 bits per heavy atom. The van der Waals surface area contributed by atoms with Crippen molar-refractivity contribution < 1.29 is 19.1 Å². The average molecular weight is 317 g/mol. The van der Waals surface area contributed by atoms with Crippen LogP contribution in [0.15, 0.2) is 24.3 Å². The zero-order valence-electron chi connectivity index (χ0n) is 14.1. The number of hydrogen-bond donors (Lipinski definition) is 0. The van der Waals surface area contributed by atoms with Gasteiger partial charge in [0.2, 0.25) is 0 Å². The molecular weight excluding hydrogens is 294 g/mol. The van der Waals surface area contributed by atoms with Gasteiger partial charge in [0.05, 0.1) is 0 Å². The van der Waals surface area contributed by atoms with E-state index in [-0.39, 0.29) is 24.5 Å². The van der Waals surface area contributed by atoms with Gasteiger partial charge >= 0.3 is 6.09 Å². The molecule has 0 radical (unpaired) electrons. The Bertz CT molecular complexity index is 613. The molecule has 23 heavy (non-hydrogen) atoms. The highest BCUT2D eigenvalue weighted by atomic mass is 16.6. The number of amides is 1. The molecule has 0 saturated carbocycles. The minimum absolute atomic E-state index is 0.0185. The molecule has 1 saturated heterocycles. The lowest BCUT2D eigenvalue weighted by Crippen LogP contribution is -2.51. The van der Waals surface area contributed by atoms with Crippen LogP contribution in [0.4, 0.5) is 4.79 Å². The van der Waals surface area contributed by atoms with Gasteiger partial charge in [-0.25, -0.2) is 4.79 Å². The first-order valence-electron chi connectivity index (χ1n) is 7.79. The Balaban J connectivity index is 0.000000260. The summed E-state index contributed by atoms with van der Waals surface area (Å²) >= 11 is 0. The number of piperidine rings is 1. The van der Waals surface area contributed by atoms with Gasteiger partial charge in [0.25, 0.3) is 0 Å². The number of ether oxygens (including phenoxy) is 1. The number of nitrogens with zero attached hydrogens (tertiary/aromatic N) is 1. The molecule has 0 N–H and O–H groups in total.